The molecule has 5 aliphatic carbocycles. The molecular weight excluding hydrogens is 462 g/mol. The minimum absolute atomic E-state index is 0.226. The van der Waals surface area contributed by atoms with Crippen LogP contribution < -0.4 is 4.72 Å². The van der Waals surface area contributed by atoms with Gasteiger partial charge in [-0.05, 0) is 117 Å². The van der Waals surface area contributed by atoms with Gasteiger partial charge in [0.1, 0.15) is 5.60 Å². The summed E-state index contributed by atoms with van der Waals surface area (Å²) in [5, 5.41) is 12.6. The second kappa shape index (κ2) is 9.41. The number of carbonyl (C=O) groups is 1. The molecule has 5 aliphatic rings. The van der Waals surface area contributed by atoms with Crippen LogP contribution in [0.25, 0.3) is 0 Å². The Bertz CT molecular complexity index is 1160. The number of benzene rings is 1. The molecule has 5 unspecified atom stereocenters. The molecule has 0 saturated heterocycles. The molecule has 0 spiro atoms. The molecule has 0 amide bonds. The quantitative estimate of drug-likeness (QED) is 0.335. The summed E-state index contributed by atoms with van der Waals surface area (Å²) in [5.74, 6) is 7.80. The van der Waals surface area contributed by atoms with Crippen LogP contribution in [0.3, 0.4) is 0 Å². The Morgan fingerprint density at radius 1 is 1.06 bits per heavy atom. The number of fused-ring (bicyclic) bond motifs is 4. The Kier molecular flexibility index (Phi) is 6.37. The first-order valence-corrected chi connectivity index (χ1v) is 14.9. The number of anilines is 1. The fraction of sp³-hybridized carbons (Fsp3) is 0.594. The average molecular weight is 502 g/mol. The maximum absolute atomic E-state index is 12.3. The number of aliphatic hydroxyl groups is 1. The number of rotatable bonds is 4. The molecule has 0 aromatic heterocycles. The standard InChI is InChI=1S/C32H39NO2S/c1-3-17-32(35)18-16-29-27-14-10-22-19-24(34)13-15-26(22)30(27)28(20-31(29,32)2)21-8-11-23(12-9-21)33-36-25-6-4-5-7-25/h8-9,11-12,19,25,27-29,33,35H,4-7,10,13-16,18,20H2,1-2H3. The van der Waals surface area contributed by atoms with Gasteiger partial charge in [-0.2, -0.15) is 0 Å². The molecule has 4 heteroatoms. The van der Waals surface area contributed by atoms with Gasteiger partial charge in [-0.25, -0.2) is 0 Å². The van der Waals surface area contributed by atoms with Crippen LogP contribution in [0.2, 0.25) is 0 Å². The normalized spacial score (nSPS) is 35.9. The highest BCUT2D eigenvalue weighted by molar-refractivity contribution is 8.01. The zero-order chi connectivity index (χ0) is 24.9. The highest BCUT2D eigenvalue weighted by Gasteiger charge is 2.62. The summed E-state index contributed by atoms with van der Waals surface area (Å²) >= 11 is 1.88. The van der Waals surface area contributed by atoms with E-state index in [-0.39, 0.29) is 17.1 Å². The molecule has 2 N–H and O–H groups in total. The number of ketones is 1. The van der Waals surface area contributed by atoms with Crippen molar-refractivity contribution in [3.63, 3.8) is 0 Å². The van der Waals surface area contributed by atoms with Gasteiger partial charge in [-0.15, -0.1) is 5.92 Å². The molecule has 3 saturated carbocycles. The van der Waals surface area contributed by atoms with E-state index in [0.29, 0.717) is 18.3 Å². The minimum atomic E-state index is -0.918. The van der Waals surface area contributed by atoms with Crippen molar-refractivity contribution in [1.29, 1.82) is 0 Å². The summed E-state index contributed by atoms with van der Waals surface area (Å²) in [6, 6.07) is 9.09. The van der Waals surface area contributed by atoms with Crippen molar-refractivity contribution < 1.29 is 9.90 Å². The number of carbonyl (C=O) groups excluding carboxylic acids is 1. The number of hydrogen-bond acceptors (Lipinski definition) is 4. The van der Waals surface area contributed by atoms with E-state index in [1.807, 2.05) is 24.9 Å². The van der Waals surface area contributed by atoms with Gasteiger partial charge in [0.15, 0.2) is 5.78 Å². The highest BCUT2D eigenvalue weighted by atomic mass is 32.2. The highest BCUT2D eigenvalue weighted by Crippen LogP contribution is 2.66. The topological polar surface area (TPSA) is 49.3 Å². The van der Waals surface area contributed by atoms with E-state index in [2.05, 4.69) is 47.8 Å². The monoisotopic (exact) mass is 501 g/mol. The summed E-state index contributed by atoms with van der Waals surface area (Å²) in [6.07, 6.45) is 13.6. The van der Waals surface area contributed by atoms with Gasteiger partial charge < -0.3 is 9.83 Å². The largest absolute Gasteiger partial charge is 0.377 e. The van der Waals surface area contributed by atoms with E-state index < -0.39 is 5.60 Å². The van der Waals surface area contributed by atoms with Crippen molar-refractivity contribution in [3.05, 3.63) is 52.6 Å². The molecule has 6 rings (SSSR count). The molecule has 3 nitrogen and oxygen atoms in total. The zero-order valence-corrected chi connectivity index (χ0v) is 22.6. The Hall–Kier alpha value is -1.96. The Morgan fingerprint density at radius 2 is 1.83 bits per heavy atom. The van der Waals surface area contributed by atoms with Crippen molar-refractivity contribution in [1.82, 2.24) is 0 Å². The van der Waals surface area contributed by atoms with Crippen LogP contribution >= 0.6 is 11.9 Å². The predicted molar refractivity (Wildman–Crippen MR) is 149 cm³/mol. The third-order valence-corrected chi connectivity index (χ3v) is 11.3. The molecule has 190 valence electrons. The second-order valence-corrected chi connectivity index (χ2v) is 13.1. The molecule has 0 aliphatic heterocycles. The third kappa shape index (κ3) is 3.98. The van der Waals surface area contributed by atoms with Gasteiger partial charge in [0, 0.05) is 28.7 Å². The van der Waals surface area contributed by atoms with E-state index in [9.17, 15) is 9.90 Å². The van der Waals surface area contributed by atoms with Gasteiger partial charge in [-0.3, -0.25) is 4.79 Å². The molecule has 3 fully saturated rings. The number of nitrogens with one attached hydrogen (secondary N) is 1. The van der Waals surface area contributed by atoms with Crippen LogP contribution in [0.5, 0.6) is 0 Å². The van der Waals surface area contributed by atoms with Crippen LogP contribution in [0.4, 0.5) is 5.69 Å². The fourth-order valence-corrected chi connectivity index (χ4v) is 9.33. The lowest BCUT2D eigenvalue weighted by Crippen LogP contribution is -2.51. The van der Waals surface area contributed by atoms with Gasteiger partial charge in [0.25, 0.3) is 0 Å². The first-order valence-electron chi connectivity index (χ1n) is 14.1. The van der Waals surface area contributed by atoms with Crippen LogP contribution in [-0.2, 0) is 4.79 Å². The van der Waals surface area contributed by atoms with Crippen molar-refractivity contribution in [3.8, 4) is 11.8 Å². The smallest absolute Gasteiger partial charge is 0.156 e. The van der Waals surface area contributed by atoms with Crippen molar-refractivity contribution in [2.75, 3.05) is 4.72 Å². The molecule has 0 radical (unpaired) electrons. The summed E-state index contributed by atoms with van der Waals surface area (Å²) in [7, 11) is 0. The second-order valence-electron chi connectivity index (χ2n) is 12.0. The van der Waals surface area contributed by atoms with Gasteiger partial charge in [0.2, 0.25) is 0 Å². The molecular formula is C32H39NO2S. The molecule has 5 atom stereocenters. The maximum atomic E-state index is 12.3. The lowest BCUT2D eigenvalue weighted by atomic mass is 9.51. The number of allylic oxidation sites excluding steroid dienone is 4. The van der Waals surface area contributed by atoms with E-state index in [4.69, 9.17) is 0 Å². The zero-order valence-electron chi connectivity index (χ0n) is 21.7. The van der Waals surface area contributed by atoms with Crippen molar-refractivity contribution >= 4 is 23.4 Å². The Balaban J connectivity index is 1.37. The Labute approximate surface area is 220 Å². The van der Waals surface area contributed by atoms with Crippen LogP contribution in [-0.4, -0.2) is 21.7 Å². The molecule has 0 bridgehead atoms. The SMILES string of the molecule is CC#CC1(O)CCC2C3CCC4=CC(=O)CCC4=C3C(c3ccc(NSC4CCCC4)cc3)CC21C. The first-order chi connectivity index (χ1) is 17.4. The van der Waals surface area contributed by atoms with Gasteiger partial charge >= 0.3 is 0 Å². The number of hydrogen-bond donors (Lipinski definition) is 2. The third-order valence-electron chi connectivity index (χ3n) is 10.2. The molecule has 1 aromatic carbocycles. The fourth-order valence-electron chi connectivity index (χ4n) is 8.32. The predicted octanol–water partition coefficient (Wildman–Crippen LogP) is 7.34. The summed E-state index contributed by atoms with van der Waals surface area (Å²) in [5.41, 5.74) is 5.71. The summed E-state index contributed by atoms with van der Waals surface area (Å²) in [6.45, 7) is 4.17. The van der Waals surface area contributed by atoms with E-state index in [1.54, 1.807) is 5.57 Å². The van der Waals surface area contributed by atoms with Crippen LogP contribution in [0, 0.1) is 29.1 Å². The summed E-state index contributed by atoms with van der Waals surface area (Å²) < 4.78 is 3.60. The van der Waals surface area contributed by atoms with Crippen molar-refractivity contribution in [2.45, 2.75) is 101 Å². The molecule has 0 heterocycles. The van der Waals surface area contributed by atoms with Crippen LogP contribution in [0.15, 0.2) is 47.1 Å². The lowest BCUT2D eigenvalue weighted by molar-refractivity contribution is -0.114. The lowest BCUT2D eigenvalue weighted by Gasteiger charge is -2.53. The van der Waals surface area contributed by atoms with E-state index in [0.717, 1.165) is 43.8 Å². The van der Waals surface area contributed by atoms with Gasteiger partial charge in [-0.1, -0.05) is 43.4 Å². The van der Waals surface area contributed by atoms with E-state index in [1.165, 1.54) is 48.1 Å². The first kappa shape index (κ1) is 24.4. The van der Waals surface area contributed by atoms with E-state index >= 15 is 0 Å². The van der Waals surface area contributed by atoms with Gasteiger partial charge in [0.05, 0.1) is 0 Å². The average Bonchev–Trinajstić information content (AvgIpc) is 3.49. The molecule has 36 heavy (non-hydrogen) atoms. The minimum Gasteiger partial charge on any atom is -0.377 e. The maximum Gasteiger partial charge on any atom is 0.156 e. The van der Waals surface area contributed by atoms with Crippen molar-refractivity contribution in [2.24, 2.45) is 17.3 Å². The van der Waals surface area contributed by atoms with Crippen LogP contribution in [0.1, 0.15) is 96.0 Å². The summed E-state index contributed by atoms with van der Waals surface area (Å²) in [4.78, 5) is 12.3. The Morgan fingerprint density at radius 3 is 2.58 bits per heavy atom. The molecule has 1 aromatic rings.